The Morgan fingerprint density at radius 3 is 1.53 bits per heavy atom. The lowest BCUT2D eigenvalue weighted by molar-refractivity contribution is -0.120. The monoisotopic (exact) mass is 441 g/mol. The van der Waals surface area contributed by atoms with Crippen molar-refractivity contribution in [2.75, 3.05) is 9.80 Å². The smallest absolute Gasteiger partial charge is 0.268 e. The van der Waals surface area contributed by atoms with E-state index >= 15 is 0 Å². The van der Waals surface area contributed by atoms with Gasteiger partial charge in [-0.3, -0.25) is 24.4 Å². The van der Waals surface area contributed by atoms with Crippen molar-refractivity contribution in [3.63, 3.8) is 0 Å². The third-order valence-corrected chi connectivity index (χ3v) is 5.56. The molecule has 0 atom stereocenters. The molecule has 3 aromatic rings. The topological polar surface area (TPSA) is 53.5 Å². The molecular formula is C26H23N3O2S. The lowest BCUT2D eigenvalue weighted by Gasteiger charge is -2.37. The van der Waals surface area contributed by atoms with Crippen LogP contribution in [0.5, 0.6) is 0 Å². The second-order valence-corrected chi connectivity index (χ2v) is 8.46. The third kappa shape index (κ3) is 4.09. The molecule has 1 aliphatic rings. The Bertz CT molecular complexity index is 1170. The van der Waals surface area contributed by atoms with Crippen LogP contribution in [0.3, 0.4) is 0 Å². The van der Waals surface area contributed by atoms with Gasteiger partial charge in [0.15, 0.2) is 5.11 Å². The molecule has 6 heteroatoms. The number of aromatic nitrogens is 1. The van der Waals surface area contributed by atoms with E-state index in [-0.39, 0.29) is 10.7 Å². The van der Waals surface area contributed by atoms with Crippen LogP contribution in [0.1, 0.15) is 27.8 Å². The Balaban J connectivity index is 1.92. The first-order valence-corrected chi connectivity index (χ1v) is 10.7. The fraction of sp³-hybridized carbons (Fsp3) is 0.154. The first-order valence-electron chi connectivity index (χ1n) is 10.3. The maximum Gasteiger partial charge on any atom is 0.270 e. The van der Waals surface area contributed by atoms with Crippen LogP contribution >= 0.6 is 12.2 Å². The number of carbonyl (C=O) groups is 2. The van der Waals surface area contributed by atoms with Crippen molar-refractivity contribution in [2.24, 2.45) is 0 Å². The molecule has 2 aromatic carbocycles. The molecule has 2 heterocycles. The fourth-order valence-corrected chi connectivity index (χ4v) is 4.35. The first kappa shape index (κ1) is 21.6. The van der Waals surface area contributed by atoms with Crippen LogP contribution in [0.15, 0.2) is 66.5 Å². The van der Waals surface area contributed by atoms with Gasteiger partial charge in [0.05, 0.1) is 11.4 Å². The molecule has 0 unspecified atom stereocenters. The number of thiocarbonyl (C=S) groups is 1. The van der Waals surface area contributed by atoms with Crippen molar-refractivity contribution in [3.8, 4) is 0 Å². The van der Waals surface area contributed by atoms with Gasteiger partial charge < -0.3 is 0 Å². The van der Waals surface area contributed by atoms with Crippen LogP contribution in [0.2, 0.25) is 0 Å². The van der Waals surface area contributed by atoms with E-state index in [1.165, 1.54) is 9.80 Å². The second kappa shape index (κ2) is 8.48. The van der Waals surface area contributed by atoms with E-state index in [4.69, 9.17) is 12.2 Å². The van der Waals surface area contributed by atoms with E-state index in [0.29, 0.717) is 16.9 Å². The molecule has 0 aliphatic carbocycles. The van der Waals surface area contributed by atoms with E-state index in [9.17, 15) is 9.59 Å². The molecule has 4 rings (SSSR count). The number of hydrogen-bond donors (Lipinski definition) is 0. The summed E-state index contributed by atoms with van der Waals surface area (Å²) in [6.45, 7) is 7.87. The first-order chi connectivity index (χ1) is 15.2. The maximum atomic E-state index is 13.6. The zero-order chi connectivity index (χ0) is 23.0. The quantitative estimate of drug-likeness (QED) is 0.324. The molecule has 32 heavy (non-hydrogen) atoms. The van der Waals surface area contributed by atoms with Crippen LogP contribution in [0, 0.1) is 27.7 Å². The van der Waals surface area contributed by atoms with E-state index in [2.05, 4.69) is 4.98 Å². The Labute approximate surface area is 193 Å². The SMILES string of the molecule is Cc1cc(C)cc(N2C(=O)C(=Cc3ccncc3)C(=O)N(c3cc(C)cc(C)c3)C2=S)c1. The average molecular weight is 442 g/mol. The van der Waals surface area contributed by atoms with Crippen LogP contribution in [0.4, 0.5) is 11.4 Å². The van der Waals surface area contributed by atoms with Crippen molar-refractivity contribution in [2.45, 2.75) is 27.7 Å². The number of benzene rings is 2. The summed E-state index contributed by atoms with van der Waals surface area (Å²) in [5.41, 5.74) is 6.05. The van der Waals surface area contributed by atoms with Crippen molar-refractivity contribution >= 4 is 46.6 Å². The predicted octanol–water partition coefficient (Wildman–Crippen LogP) is 5.06. The van der Waals surface area contributed by atoms with Gasteiger partial charge in [-0.2, -0.15) is 0 Å². The van der Waals surface area contributed by atoms with Crippen LogP contribution in [0.25, 0.3) is 6.08 Å². The summed E-state index contributed by atoms with van der Waals surface area (Å²) in [6, 6.07) is 15.2. The minimum Gasteiger partial charge on any atom is -0.268 e. The number of carbonyl (C=O) groups excluding carboxylic acids is 2. The molecule has 0 radical (unpaired) electrons. The molecule has 0 spiro atoms. The number of anilines is 2. The Morgan fingerprint density at radius 2 is 1.12 bits per heavy atom. The van der Waals surface area contributed by atoms with Gasteiger partial charge in [-0.05, 0) is 110 Å². The van der Waals surface area contributed by atoms with Gasteiger partial charge in [0, 0.05) is 12.4 Å². The van der Waals surface area contributed by atoms with E-state index in [0.717, 1.165) is 22.3 Å². The molecule has 0 bridgehead atoms. The van der Waals surface area contributed by atoms with Crippen molar-refractivity contribution < 1.29 is 9.59 Å². The summed E-state index contributed by atoms with van der Waals surface area (Å²) < 4.78 is 0. The number of rotatable bonds is 3. The molecule has 0 saturated carbocycles. The highest BCUT2D eigenvalue weighted by molar-refractivity contribution is 7.81. The van der Waals surface area contributed by atoms with Crippen molar-refractivity contribution in [1.29, 1.82) is 0 Å². The molecule has 2 amide bonds. The molecule has 1 aliphatic heterocycles. The van der Waals surface area contributed by atoms with Crippen LogP contribution < -0.4 is 9.80 Å². The van der Waals surface area contributed by atoms with E-state index in [1.54, 1.807) is 30.6 Å². The Hall–Kier alpha value is -3.64. The molecule has 5 nitrogen and oxygen atoms in total. The lowest BCUT2D eigenvalue weighted by atomic mass is 10.0. The normalized spacial score (nSPS) is 14.2. The summed E-state index contributed by atoms with van der Waals surface area (Å²) in [5.74, 6) is -0.884. The lowest BCUT2D eigenvalue weighted by Crippen LogP contribution is -2.57. The molecular weight excluding hydrogens is 418 g/mol. The summed E-state index contributed by atoms with van der Waals surface area (Å²) in [6.07, 6.45) is 4.84. The highest BCUT2D eigenvalue weighted by atomic mass is 32.1. The van der Waals surface area contributed by atoms with Gasteiger partial charge in [-0.25, -0.2) is 0 Å². The Morgan fingerprint density at radius 1 is 0.719 bits per heavy atom. The van der Waals surface area contributed by atoms with Gasteiger partial charge in [0.25, 0.3) is 11.8 Å². The molecule has 160 valence electrons. The van der Waals surface area contributed by atoms with E-state index in [1.807, 2.05) is 64.1 Å². The fourth-order valence-electron chi connectivity index (χ4n) is 3.97. The number of nitrogens with zero attached hydrogens (tertiary/aromatic N) is 3. The van der Waals surface area contributed by atoms with Gasteiger partial charge in [0.1, 0.15) is 5.57 Å². The van der Waals surface area contributed by atoms with Crippen LogP contribution in [-0.2, 0) is 9.59 Å². The van der Waals surface area contributed by atoms with Crippen molar-refractivity contribution in [3.05, 3.63) is 94.3 Å². The summed E-state index contributed by atoms with van der Waals surface area (Å²) >= 11 is 5.73. The number of hydrogen-bond acceptors (Lipinski definition) is 4. The summed E-state index contributed by atoms with van der Waals surface area (Å²) in [4.78, 5) is 34.1. The third-order valence-electron chi connectivity index (χ3n) is 5.20. The standard InChI is InChI=1S/C26H23N3O2S/c1-16-9-17(2)12-21(11-16)28-24(30)23(15-20-5-7-27-8-6-20)25(31)29(26(28)32)22-13-18(3)10-19(4)14-22/h5-15H,1-4H3. The van der Waals surface area contributed by atoms with Gasteiger partial charge in [-0.1, -0.05) is 12.1 Å². The minimum atomic E-state index is -0.442. The highest BCUT2D eigenvalue weighted by Crippen LogP contribution is 2.31. The van der Waals surface area contributed by atoms with Crippen molar-refractivity contribution in [1.82, 2.24) is 4.98 Å². The second-order valence-electron chi connectivity index (χ2n) is 8.09. The van der Waals surface area contributed by atoms with Gasteiger partial charge in [0.2, 0.25) is 0 Å². The number of pyridine rings is 1. The molecule has 1 fully saturated rings. The number of amides is 2. The average Bonchev–Trinajstić information content (AvgIpc) is 2.70. The van der Waals surface area contributed by atoms with Gasteiger partial charge in [-0.15, -0.1) is 0 Å². The number of aryl methyl sites for hydroxylation is 4. The predicted molar refractivity (Wildman–Crippen MR) is 132 cm³/mol. The Kier molecular flexibility index (Phi) is 5.72. The molecule has 1 saturated heterocycles. The molecule has 1 aromatic heterocycles. The highest BCUT2D eigenvalue weighted by Gasteiger charge is 2.41. The van der Waals surface area contributed by atoms with E-state index < -0.39 is 11.8 Å². The van der Waals surface area contributed by atoms with Crippen LogP contribution in [-0.4, -0.2) is 21.9 Å². The summed E-state index contributed by atoms with van der Waals surface area (Å²) in [5, 5.41) is 0.141. The zero-order valence-corrected chi connectivity index (χ0v) is 19.2. The molecule has 0 N–H and O–H groups in total. The van der Waals surface area contributed by atoms with Gasteiger partial charge >= 0.3 is 0 Å². The summed E-state index contributed by atoms with van der Waals surface area (Å²) in [7, 11) is 0. The minimum absolute atomic E-state index is 0.0446. The zero-order valence-electron chi connectivity index (χ0n) is 18.4. The maximum absolute atomic E-state index is 13.6. The largest absolute Gasteiger partial charge is 0.270 e.